The number of rotatable bonds is 6. The Morgan fingerprint density at radius 1 is 1.17 bits per heavy atom. The number of amides is 2. The smallest absolute Gasteiger partial charge is 0.269 e. The van der Waals surface area contributed by atoms with Gasteiger partial charge < -0.3 is 15.5 Å². The van der Waals surface area contributed by atoms with Crippen LogP contribution in [0, 0.1) is 5.82 Å². The third kappa shape index (κ3) is 4.85. The van der Waals surface area contributed by atoms with Gasteiger partial charge in [-0.25, -0.2) is 4.39 Å². The first-order chi connectivity index (χ1) is 11.5. The van der Waals surface area contributed by atoms with Crippen molar-refractivity contribution in [2.24, 2.45) is 0 Å². The van der Waals surface area contributed by atoms with Gasteiger partial charge in [0, 0.05) is 24.8 Å². The van der Waals surface area contributed by atoms with E-state index in [9.17, 15) is 14.0 Å². The molecule has 0 spiro atoms. The SMILES string of the molecule is CN(C)CCNC(=O)c1cc(C(=O)Nc2ccccc2F)ccn1. The summed E-state index contributed by atoms with van der Waals surface area (Å²) in [6.07, 6.45) is 1.37. The number of aromatic nitrogens is 1. The van der Waals surface area contributed by atoms with Crippen LogP contribution < -0.4 is 10.6 Å². The maximum absolute atomic E-state index is 13.6. The zero-order chi connectivity index (χ0) is 17.5. The monoisotopic (exact) mass is 330 g/mol. The molecular formula is C17H19FN4O2. The van der Waals surface area contributed by atoms with E-state index in [2.05, 4.69) is 15.6 Å². The molecule has 2 aromatic rings. The minimum Gasteiger partial charge on any atom is -0.349 e. The Kier molecular flexibility index (Phi) is 5.97. The van der Waals surface area contributed by atoms with E-state index in [0.29, 0.717) is 13.1 Å². The van der Waals surface area contributed by atoms with Crippen molar-refractivity contribution < 1.29 is 14.0 Å². The lowest BCUT2D eigenvalue weighted by molar-refractivity contribution is 0.0946. The molecule has 0 unspecified atom stereocenters. The lowest BCUT2D eigenvalue weighted by Crippen LogP contribution is -2.32. The highest BCUT2D eigenvalue weighted by Gasteiger charge is 2.13. The average molecular weight is 330 g/mol. The largest absolute Gasteiger partial charge is 0.349 e. The molecule has 126 valence electrons. The molecule has 0 bridgehead atoms. The molecule has 2 N–H and O–H groups in total. The van der Waals surface area contributed by atoms with Crippen LogP contribution in [-0.4, -0.2) is 48.9 Å². The van der Waals surface area contributed by atoms with E-state index in [1.807, 2.05) is 19.0 Å². The number of hydrogen-bond donors (Lipinski definition) is 2. The van der Waals surface area contributed by atoms with Crippen molar-refractivity contribution in [2.75, 3.05) is 32.5 Å². The van der Waals surface area contributed by atoms with Crippen LogP contribution in [-0.2, 0) is 0 Å². The second-order valence-electron chi connectivity index (χ2n) is 5.42. The Morgan fingerprint density at radius 2 is 1.92 bits per heavy atom. The first-order valence-electron chi connectivity index (χ1n) is 7.42. The van der Waals surface area contributed by atoms with Crippen LogP contribution in [0.25, 0.3) is 0 Å². The van der Waals surface area contributed by atoms with Crippen LogP contribution in [0.4, 0.5) is 10.1 Å². The van der Waals surface area contributed by atoms with Crippen LogP contribution in [0.2, 0.25) is 0 Å². The predicted molar refractivity (Wildman–Crippen MR) is 89.5 cm³/mol. The lowest BCUT2D eigenvalue weighted by Gasteiger charge is -2.10. The number of carbonyl (C=O) groups excluding carboxylic acids is 2. The molecule has 0 radical (unpaired) electrons. The van der Waals surface area contributed by atoms with E-state index < -0.39 is 11.7 Å². The normalized spacial score (nSPS) is 10.5. The number of carbonyl (C=O) groups is 2. The molecular weight excluding hydrogens is 311 g/mol. The van der Waals surface area contributed by atoms with Gasteiger partial charge in [0.25, 0.3) is 11.8 Å². The highest BCUT2D eigenvalue weighted by atomic mass is 19.1. The topological polar surface area (TPSA) is 74.3 Å². The second kappa shape index (κ2) is 8.16. The standard InChI is InChI=1S/C17H19FN4O2/c1-22(2)10-9-20-17(24)15-11-12(7-8-19-15)16(23)21-14-6-4-3-5-13(14)18/h3-8,11H,9-10H2,1-2H3,(H,20,24)(H,21,23). The minimum atomic E-state index is -0.526. The van der Waals surface area contributed by atoms with E-state index in [1.54, 1.807) is 6.07 Å². The highest BCUT2D eigenvalue weighted by molar-refractivity contribution is 6.05. The molecule has 0 saturated heterocycles. The molecule has 1 heterocycles. The fourth-order valence-electron chi connectivity index (χ4n) is 1.94. The molecule has 24 heavy (non-hydrogen) atoms. The molecule has 2 rings (SSSR count). The number of benzene rings is 1. The molecule has 0 aliphatic carbocycles. The second-order valence-corrected chi connectivity index (χ2v) is 5.42. The van der Waals surface area contributed by atoms with Gasteiger partial charge in [0.15, 0.2) is 0 Å². The number of halogens is 1. The number of para-hydroxylation sites is 1. The Bertz CT molecular complexity index is 734. The van der Waals surface area contributed by atoms with Crippen LogP contribution in [0.5, 0.6) is 0 Å². The van der Waals surface area contributed by atoms with E-state index in [0.717, 1.165) is 0 Å². The van der Waals surface area contributed by atoms with Gasteiger partial charge in [-0.3, -0.25) is 14.6 Å². The third-order valence-corrected chi connectivity index (χ3v) is 3.22. The van der Waals surface area contributed by atoms with Crippen molar-refractivity contribution in [3.05, 3.63) is 59.7 Å². The lowest BCUT2D eigenvalue weighted by atomic mass is 10.2. The van der Waals surface area contributed by atoms with Crippen molar-refractivity contribution in [1.29, 1.82) is 0 Å². The van der Waals surface area contributed by atoms with Gasteiger partial charge in [-0.15, -0.1) is 0 Å². The van der Waals surface area contributed by atoms with Gasteiger partial charge >= 0.3 is 0 Å². The molecule has 0 aliphatic rings. The number of hydrogen-bond acceptors (Lipinski definition) is 4. The van der Waals surface area contributed by atoms with Crippen molar-refractivity contribution in [3.63, 3.8) is 0 Å². The van der Waals surface area contributed by atoms with Gasteiger partial charge in [0.05, 0.1) is 5.69 Å². The molecule has 0 atom stereocenters. The third-order valence-electron chi connectivity index (χ3n) is 3.22. The van der Waals surface area contributed by atoms with Crippen LogP contribution in [0.3, 0.4) is 0 Å². The number of likely N-dealkylation sites (N-methyl/N-ethyl adjacent to an activating group) is 1. The zero-order valence-electron chi connectivity index (χ0n) is 13.5. The first kappa shape index (κ1) is 17.6. The van der Waals surface area contributed by atoms with Crippen molar-refractivity contribution in [3.8, 4) is 0 Å². The summed E-state index contributed by atoms with van der Waals surface area (Å²) in [5.41, 5.74) is 0.442. The summed E-state index contributed by atoms with van der Waals surface area (Å²) in [7, 11) is 3.80. The molecule has 6 nitrogen and oxygen atoms in total. The average Bonchev–Trinajstić information content (AvgIpc) is 2.56. The Hall–Kier alpha value is -2.80. The Balaban J connectivity index is 2.05. The predicted octanol–water partition coefficient (Wildman–Crippen LogP) is 1.76. The molecule has 7 heteroatoms. The number of pyridine rings is 1. The quantitative estimate of drug-likeness (QED) is 0.846. The van der Waals surface area contributed by atoms with E-state index in [4.69, 9.17) is 0 Å². The van der Waals surface area contributed by atoms with Gasteiger partial charge in [-0.1, -0.05) is 12.1 Å². The summed E-state index contributed by atoms with van der Waals surface area (Å²) in [5, 5.41) is 5.19. The fourth-order valence-corrected chi connectivity index (χ4v) is 1.94. The first-order valence-corrected chi connectivity index (χ1v) is 7.42. The molecule has 0 saturated carbocycles. The van der Waals surface area contributed by atoms with Crippen molar-refractivity contribution >= 4 is 17.5 Å². The summed E-state index contributed by atoms with van der Waals surface area (Å²) in [5.74, 6) is -1.40. The summed E-state index contributed by atoms with van der Waals surface area (Å²) in [6.45, 7) is 1.17. The van der Waals surface area contributed by atoms with Gasteiger partial charge in [0.1, 0.15) is 11.5 Å². The minimum absolute atomic E-state index is 0.0799. The molecule has 1 aromatic heterocycles. The van der Waals surface area contributed by atoms with Gasteiger partial charge in [-0.05, 0) is 38.4 Å². The molecule has 0 fully saturated rings. The summed E-state index contributed by atoms with van der Waals surface area (Å²) < 4.78 is 13.6. The van der Waals surface area contributed by atoms with Crippen LogP contribution in [0.15, 0.2) is 42.6 Å². The number of nitrogens with one attached hydrogen (secondary N) is 2. The maximum atomic E-state index is 13.6. The van der Waals surface area contributed by atoms with Crippen LogP contribution in [0.1, 0.15) is 20.8 Å². The molecule has 0 aliphatic heterocycles. The fraction of sp³-hybridized carbons (Fsp3) is 0.235. The molecule has 2 amide bonds. The van der Waals surface area contributed by atoms with E-state index in [-0.39, 0.29) is 22.9 Å². The van der Waals surface area contributed by atoms with E-state index in [1.165, 1.54) is 36.5 Å². The Morgan fingerprint density at radius 3 is 2.62 bits per heavy atom. The van der Waals surface area contributed by atoms with Gasteiger partial charge in [-0.2, -0.15) is 0 Å². The van der Waals surface area contributed by atoms with E-state index >= 15 is 0 Å². The highest BCUT2D eigenvalue weighted by Crippen LogP contribution is 2.14. The van der Waals surface area contributed by atoms with Crippen molar-refractivity contribution in [1.82, 2.24) is 15.2 Å². The van der Waals surface area contributed by atoms with Crippen molar-refractivity contribution in [2.45, 2.75) is 0 Å². The number of anilines is 1. The summed E-state index contributed by atoms with van der Waals surface area (Å²) >= 11 is 0. The number of nitrogens with zero attached hydrogens (tertiary/aromatic N) is 2. The zero-order valence-corrected chi connectivity index (χ0v) is 13.5. The Labute approximate surface area is 139 Å². The molecule has 1 aromatic carbocycles. The summed E-state index contributed by atoms with van der Waals surface area (Å²) in [6, 6.07) is 8.71. The van der Waals surface area contributed by atoms with Crippen LogP contribution >= 0.6 is 0 Å². The summed E-state index contributed by atoms with van der Waals surface area (Å²) in [4.78, 5) is 30.1. The van der Waals surface area contributed by atoms with Gasteiger partial charge in [0.2, 0.25) is 0 Å². The maximum Gasteiger partial charge on any atom is 0.269 e.